The van der Waals surface area contributed by atoms with Crippen molar-refractivity contribution in [2.24, 2.45) is 7.05 Å². The van der Waals surface area contributed by atoms with Gasteiger partial charge in [0.25, 0.3) is 0 Å². The lowest BCUT2D eigenvalue weighted by atomic mass is 10.0. The third-order valence-corrected chi connectivity index (χ3v) is 7.02. The lowest BCUT2D eigenvalue weighted by Gasteiger charge is -2.42. The maximum absolute atomic E-state index is 13.0. The van der Waals surface area contributed by atoms with Gasteiger partial charge < -0.3 is 9.80 Å². The number of benzene rings is 1. The Labute approximate surface area is 189 Å². The van der Waals surface area contributed by atoms with E-state index in [2.05, 4.69) is 51.2 Å². The molecule has 0 unspecified atom stereocenters. The molecule has 0 saturated carbocycles. The van der Waals surface area contributed by atoms with E-state index in [1.807, 2.05) is 35.2 Å². The average molecular weight is 433 g/mol. The summed E-state index contributed by atoms with van der Waals surface area (Å²) in [5.74, 6) is 0.192. The van der Waals surface area contributed by atoms with Gasteiger partial charge in [-0.25, -0.2) is 0 Å². The molecule has 2 aromatic heterocycles. The molecule has 1 amide bonds. The van der Waals surface area contributed by atoms with E-state index < -0.39 is 0 Å². The van der Waals surface area contributed by atoms with Crippen LogP contribution in [-0.4, -0.2) is 87.7 Å². The van der Waals surface area contributed by atoms with Crippen LogP contribution in [0.2, 0.25) is 0 Å². The smallest absolute Gasteiger partial charge is 0.228 e. The van der Waals surface area contributed by atoms with Gasteiger partial charge >= 0.3 is 0 Å². The highest BCUT2D eigenvalue weighted by molar-refractivity contribution is 5.88. The van der Waals surface area contributed by atoms with Crippen LogP contribution >= 0.6 is 0 Å². The minimum absolute atomic E-state index is 0.192. The van der Waals surface area contributed by atoms with E-state index in [-0.39, 0.29) is 5.91 Å². The summed E-state index contributed by atoms with van der Waals surface area (Å²) in [6.45, 7) is 6.31. The van der Waals surface area contributed by atoms with Crippen molar-refractivity contribution in [3.63, 3.8) is 0 Å². The molecule has 2 aliphatic heterocycles. The number of hydrogen-bond donors (Lipinski definition) is 0. The van der Waals surface area contributed by atoms with Crippen LogP contribution in [0, 0.1) is 0 Å². The lowest BCUT2D eigenvalue weighted by Crippen LogP contribution is -2.53. The molecule has 2 fully saturated rings. The van der Waals surface area contributed by atoms with E-state index in [1.54, 1.807) is 0 Å². The van der Waals surface area contributed by atoms with Crippen molar-refractivity contribution in [2.45, 2.75) is 25.3 Å². The average Bonchev–Trinajstić information content (AvgIpc) is 3.25. The largest absolute Gasteiger partial charge is 0.342 e. The number of aromatic nitrogens is 3. The second-order valence-electron chi connectivity index (χ2n) is 9.27. The van der Waals surface area contributed by atoms with Crippen molar-refractivity contribution in [1.82, 2.24) is 29.5 Å². The summed E-state index contributed by atoms with van der Waals surface area (Å²) in [5, 5.41) is 6.46. The van der Waals surface area contributed by atoms with Crippen molar-refractivity contribution < 1.29 is 4.79 Å². The number of piperidine rings is 1. The molecule has 5 rings (SSSR count). The quantitative estimate of drug-likeness (QED) is 0.634. The fourth-order valence-electron chi connectivity index (χ4n) is 4.97. The molecule has 0 aliphatic carbocycles. The Bertz CT molecular complexity index is 1090. The maximum atomic E-state index is 13.0. The van der Waals surface area contributed by atoms with Crippen LogP contribution in [0.25, 0.3) is 21.9 Å². The highest BCUT2D eigenvalue weighted by atomic mass is 16.2. The molecule has 7 nitrogen and oxygen atoms in total. The fraction of sp³-hybridized carbons (Fsp3) is 0.480. The zero-order valence-electron chi connectivity index (χ0n) is 19.1. The first kappa shape index (κ1) is 21.1. The van der Waals surface area contributed by atoms with Gasteiger partial charge in [-0.05, 0) is 43.0 Å². The summed E-state index contributed by atoms with van der Waals surface area (Å²) >= 11 is 0. The van der Waals surface area contributed by atoms with Crippen LogP contribution in [0.4, 0.5) is 0 Å². The number of fused-ring (bicyclic) bond motifs is 1. The zero-order chi connectivity index (χ0) is 22.1. The van der Waals surface area contributed by atoms with Crippen molar-refractivity contribution in [3.8, 4) is 11.1 Å². The Morgan fingerprint density at radius 1 is 0.938 bits per heavy atom. The molecule has 2 aliphatic rings. The summed E-state index contributed by atoms with van der Waals surface area (Å²) in [6.07, 6.45) is 8.29. The number of likely N-dealkylation sites (tertiary alicyclic amines) is 1. The number of piperazine rings is 1. The first-order chi connectivity index (χ1) is 15.5. The second-order valence-corrected chi connectivity index (χ2v) is 9.27. The number of rotatable bonds is 4. The van der Waals surface area contributed by atoms with E-state index in [4.69, 9.17) is 0 Å². The summed E-state index contributed by atoms with van der Waals surface area (Å²) in [4.78, 5) is 24.6. The number of hydrogen-bond acceptors (Lipinski definition) is 5. The third kappa shape index (κ3) is 4.54. The van der Waals surface area contributed by atoms with Crippen LogP contribution in [0.15, 0.2) is 42.9 Å². The monoisotopic (exact) mass is 432 g/mol. The number of pyridine rings is 1. The standard InChI is InChI=1S/C25H32N6O/c1-28-9-11-30(12-10-28)24-5-7-31(8-6-24)25(32)15-23-14-21-13-19(3-4-20(21)16-26-23)22-17-27-29(2)18-22/h3-4,13-14,16-18,24H,5-12,15H2,1-2H3. The second kappa shape index (κ2) is 9.00. The van der Waals surface area contributed by atoms with Gasteiger partial charge in [0.2, 0.25) is 5.91 Å². The minimum atomic E-state index is 0.192. The van der Waals surface area contributed by atoms with E-state index >= 15 is 0 Å². The molecule has 32 heavy (non-hydrogen) atoms. The Balaban J connectivity index is 1.22. The maximum Gasteiger partial charge on any atom is 0.228 e. The molecule has 7 heteroatoms. The molecule has 4 heterocycles. The number of likely N-dealkylation sites (N-methyl/N-ethyl adjacent to an activating group) is 1. The number of aryl methyl sites for hydroxylation is 1. The van der Waals surface area contributed by atoms with E-state index in [9.17, 15) is 4.79 Å². The lowest BCUT2D eigenvalue weighted by molar-refractivity contribution is -0.132. The summed E-state index contributed by atoms with van der Waals surface area (Å²) in [6, 6.07) is 9.01. The van der Waals surface area contributed by atoms with E-state index in [0.717, 1.165) is 79.7 Å². The van der Waals surface area contributed by atoms with Gasteiger partial charge in [0.05, 0.1) is 18.3 Å². The highest BCUT2D eigenvalue weighted by Gasteiger charge is 2.28. The molecule has 1 aromatic carbocycles. The normalized spacial score (nSPS) is 19.0. The molecule has 2 saturated heterocycles. The topological polar surface area (TPSA) is 57.5 Å². The van der Waals surface area contributed by atoms with Crippen LogP contribution in [0.3, 0.4) is 0 Å². The van der Waals surface area contributed by atoms with E-state index in [0.29, 0.717) is 12.5 Å². The van der Waals surface area contributed by atoms with Gasteiger partial charge in [0.15, 0.2) is 0 Å². The fourth-order valence-corrected chi connectivity index (χ4v) is 4.97. The van der Waals surface area contributed by atoms with Gasteiger partial charge in [0.1, 0.15) is 0 Å². The number of nitrogens with zero attached hydrogens (tertiary/aromatic N) is 6. The molecule has 0 atom stereocenters. The SMILES string of the molecule is CN1CCN(C2CCN(C(=O)Cc3cc4cc(-c5cnn(C)c5)ccc4cn3)CC2)CC1. The van der Waals surface area contributed by atoms with Gasteiger partial charge in [-0.15, -0.1) is 0 Å². The Morgan fingerprint density at radius 3 is 2.44 bits per heavy atom. The van der Waals surface area contributed by atoms with Crippen molar-refractivity contribution >= 4 is 16.7 Å². The Morgan fingerprint density at radius 2 is 1.72 bits per heavy atom. The predicted molar refractivity (Wildman–Crippen MR) is 126 cm³/mol. The van der Waals surface area contributed by atoms with E-state index in [1.165, 1.54) is 0 Å². The van der Waals surface area contributed by atoms with Gasteiger partial charge in [-0.1, -0.05) is 12.1 Å². The van der Waals surface area contributed by atoms with Crippen LogP contribution in [0.1, 0.15) is 18.5 Å². The zero-order valence-corrected chi connectivity index (χ0v) is 19.1. The van der Waals surface area contributed by atoms with Gasteiger partial charge in [-0.3, -0.25) is 19.4 Å². The van der Waals surface area contributed by atoms with Gasteiger partial charge in [-0.2, -0.15) is 5.10 Å². The first-order valence-corrected chi connectivity index (χ1v) is 11.6. The number of carbonyl (C=O) groups excluding carboxylic acids is 1. The number of carbonyl (C=O) groups is 1. The van der Waals surface area contributed by atoms with Crippen LogP contribution in [0.5, 0.6) is 0 Å². The first-order valence-electron chi connectivity index (χ1n) is 11.6. The van der Waals surface area contributed by atoms with Crippen molar-refractivity contribution in [3.05, 3.63) is 48.5 Å². The molecule has 0 bridgehead atoms. The van der Waals surface area contributed by atoms with Crippen molar-refractivity contribution in [1.29, 1.82) is 0 Å². The number of amides is 1. The molecule has 0 N–H and O–H groups in total. The molecular weight excluding hydrogens is 400 g/mol. The molecule has 3 aromatic rings. The summed E-state index contributed by atoms with van der Waals surface area (Å²) in [5.41, 5.74) is 3.05. The molecule has 168 valence electrons. The van der Waals surface area contributed by atoms with Gasteiger partial charge in [0, 0.05) is 75.7 Å². The summed E-state index contributed by atoms with van der Waals surface area (Å²) in [7, 11) is 4.12. The highest BCUT2D eigenvalue weighted by Crippen LogP contribution is 2.25. The van der Waals surface area contributed by atoms with Crippen LogP contribution < -0.4 is 0 Å². The molecule has 0 spiro atoms. The predicted octanol–water partition coefficient (Wildman–Crippen LogP) is 2.42. The third-order valence-electron chi connectivity index (χ3n) is 7.02. The minimum Gasteiger partial charge on any atom is -0.342 e. The summed E-state index contributed by atoms with van der Waals surface area (Å²) < 4.78 is 1.81. The Hall–Kier alpha value is -2.77. The van der Waals surface area contributed by atoms with Crippen LogP contribution in [-0.2, 0) is 18.3 Å². The Kier molecular flexibility index (Phi) is 5.93. The molecular formula is C25H32N6O. The van der Waals surface area contributed by atoms with Crippen molar-refractivity contribution in [2.75, 3.05) is 46.3 Å². The molecule has 0 radical (unpaired) electrons.